The summed E-state index contributed by atoms with van der Waals surface area (Å²) in [5, 5.41) is 7.33. The van der Waals surface area contributed by atoms with E-state index in [0.29, 0.717) is 0 Å². The molecule has 40 heavy (non-hydrogen) atoms. The van der Waals surface area contributed by atoms with E-state index >= 15 is 0 Å². The minimum absolute atomic E-state index is 0.0166. The lowest BCUT2D eigenvalue weighted by Crippen LogP contribution is -2.30. The highest BCUT2D eigenvalue weighted by Gasteiger charge is 2.43. The Balaban J connectivity index is 0.000000446. The SMILES string of the molecule is C/C=C1\N(CC)c2ccc(C(C)(C)C)cc2C1(C)Cc1ccccc1.CC.CC.N=C(OCN)c1ccccc1. The van der Waals surface area contributed by atoms with Crippen molar-refractivity contribution in [1.29, 1.82) is 5.41 Å². The highest BCUT2D eigenvalue weighted by Crippen LogP contribution is 2.50. The molecule has 0 fully saturated rings. The predicted molar refractivity (Wildman–Crippen MR) is 176 cm³/mol. The van der Waals surface area contributed by atoms with E-state index in [2.05, 4.69) is 101 Å². The lowest BCUT2D eigenvalue weighted by atomic mass is 9.74. The fourth-order valence-electron chi connectivity index (χ4n) is 5.01. The summed E-state index contributed by atoms with van der Waals surface area (Å²) in [7, 11) is 0. The van der Waals surface area contributed by atoms with Crippen LogP contribution in [0.1, 0.15) is 91.5 Å². The van der Waals surface area contributed by atoms with Crippen molar-refractivity contribution in [2.45, 2.75) is 86.5 Å². The van der Waals surface area contributed by atoms with Crippen LogP contribution in [0.5, 0.6) is 0 Å². The number of fused-ring (bicyclic) bond motifs is 1. The zero-order valence-electron chi connectivity index (χ0n) is 26.6. The van der Waals surface area contributed by atoms with E-state index in [1.165, 1.54) is 28.1 Å². The molecule has 0 radical (unpaired) electrons. The summed E-state index contributed by atoms with van der Waals surface area (Å²) >= 11 is 0. The zero-order chi connectivity index (χ0) is 30.3. The van der Waals surface area contributed by atoms with Crippen LogP contribution in [0.4, 0.5) is 5.69 Å². The molecule has 1 aliphatic rings. The second kappa shape index (κ2) is 16.7. The Labute approximate surface area is 244 Å². The molecule has 3 N–H and O–H groups in total. The number of ether oxygens (including phenoxy) is 1. The number of likely N-dealkylation sites (N-methyl/N-ethyl adjacent to an activating group) is 1. The molecule has 0 aliphatic carbocycles. The largest absolute Gasteiger partial charge is 0.462 e. The quantitative estimate of drug-likeness (QED) is 0.191. The molecule has 1 atom stereocenters. The van der Waals surface area contributed by atoms with Crippen molar-refractivity contribution in [2.75, 3.05) is 18.2 Å². The predicted octanol–water partition coefficient (Wildman–Crippen LogP) is 9.23. The average molecular weight is 544 g/mol. The summed E-state index contributed by atoms with van der Waals surface area (Å²) in [6.45, 7) is 22.8. The van der Waals surface area contributed by atoms with Crippen LogP contribution in [-0.4, -0.2) is 19.2 Å². The lowest BCUT2D eigenvalue weighted by molar-refractivity contribution is 0.315. The van der Waals surface area contributed by atoms with Gasteiger partial charge in [0, 0.05) is 28.9 Å². The Morgan fingerprint density at radius 2 is 1.48 bits per heavy atom. The third kappa shape index (κ3) is 8.56. The molecule has 0 amide bonds. The van der Waals surface area contributed by atoms with Gasteiger partial charge in [0.25, 0.3) is 0 Å². The number of hydrogen-bond acceptors (Lipinski definition) is 4. The van der Waals surface area contributed by atoms with Crippen LogP contribution in [0, 0.1) is 5.41 Å². The van der Waals surface area contributed by atoms with E-state index in [-0.39, 0.29) is 23.5 Å². The van der Waals surface area contributed by atoms with Gasteiger partial charge in [-0.3, -0.25) is 11.1 Å². The average Bonchev–Trinajstić information content (AvgIpc) is 3.22. The first-order valence-electron chi connectivity index (χ1n) is 14.8. The van der Waals surface area contributed by atoms with E-state index in [4.69, 9.17) is 15.9 Å². The minimum atomic E-state index is 0.0166. The summed E-state index contributed by atoms with van der Waals surface area (Å²) in [6, 6.07) is 27.2. The molecule has 0 saturated heterocycles. The molecular formula is C36H53N3O. The molecule has 4 rings (SSSR count). The molecule has 0 spiro atoms. The Bertz CT molecular complexity index is 1180. The number of benzene rings is 3. The van der Waals surface area contributed by atoms with E-state index in [9.17, 15) is 0 Å². The van der Waals surface area contributed by atoms with E-state index in [0.717, 1.165) is 18.5 Å². The van der Waals surface area contributed by atoms with Gasteiger partial charge in [0.05, 0.1) is 0 Å². The van der Waals surface area contributed by atoms with Gasteiger partial charge < -0.3 is 9.64 Å². The molecule has 4 heteroatoms. The molecule has 0 bridgehead atoms. The summed E-state index contributed by atoms with van der Waals surface area (Å²) in [6.07, 6.45) is 3.34. The van der Waals surface area contributed by atoms with Crippen LogP contribution < -0.4 is 10.6 Å². The van der Waals surface area contributed by atoms with E-state index < -0.39 is 0 Å². The number of nitrogens with zero attached hydrogens (tertiary/aromatic N) is 1. The fraction of sp³-hybridized carbons (Fsp3) is 0.417. The number of rotatable bonds is 5. The standard InChI is InChI=1S/C24H31N.C8H10N2O.2C2H6/c1-7-22-24(6,17-18-12-10-9-11-13-18)20-16-19(23(3,4)5)14-15-21(20)25(22)8-2;9-6-11-8(10)7-4-2-1-3-5-7;2*1-2/h7,9-16H,8,17H2,1-6H3;1-5,10H,6,9H2;2*1-2H3/b22-7-;;;. The van der Waals surface area contributed by atoms with Crippen LogP contribution in [0.2, 0.25) is 0 Å². The Hall–Kier alpha value is -3.37. The third-order valence-corrected chi connectivity index (χ3v) is 6.86. The van der Waals surface area contributed by atoms with Gasteiger partial charge in [-0.2, -0.15) is 0 Å². The van der Waals surface area contributed by atoms with Crippen molar-refractivity contribution in [2.24, 2.45) is 5.73 Å². The first-order valence-corrected chi connectivity index (χ1v) is 14.8. The highest BCUT2D eigenvalue weighted by molar-refractivity contribution is 5.91. The zero-order valence-corrected chi connectivity index (χ0v) is 26.6. The fourth-order valence-corrected chi connectivity index (χ4v) is 5.01. The first kappa shape index (κ1) is 34.7. The van der Waals surface area contributed by atoms with Crippen LogP contribution in [0.3, 0.4) is 0 Å². The molecule has 4 nitrogen and oxygen atoms in total. The highest BCUT2D eigenvalue weighted by atomic mass is 16.5. The van der Waals surface area contributed by atoms with E-state index in [1.807, 2.05) is 45.9 Å². The number of nitrogens with two attached hydrogens (primary N) is 1. The smallest absolute Gasteiger partial charge is 0.214 e. The number of allylic oxidation sites excluding steroid dienone is 2. The summed E-state index contributed by atoms with van der Waals surface area (Å²) in [5.41, 5.74) is 13.1. The molecule has 0 aromatic heterocycles. The van der Waals surface area contributed by atoms with Crippen molar-refractivity contribution < 1.29 is 4.74 Å². The molecule has 3 aromatic carbocycles. The third-order valence-electron chi connectivity index (χ3n) is 6.86. The summed E-state index contributed by atoms with van der Waals surface area (Å²) in [4.78, 5) is 2.49. The second-order valence-electron chi connectivity index (χ2n) is 10.4. The number of anilines is 1. The molecule has 218 valence electrons. The maximum Gasteiger partial charge on any atom is 0.214 e. The molecular weight excluding hydrogens is 490 g/mol. The van der Waals surface area contributed by atoms with Crippen LogP contribution >= 0.6 is 0 Å². The van der Waals surface area contributed by atoms with Gasteiger partial charge in [-0.15, -0.1) is 0 Å². The van der Waals surface area contributed by atoms with Crippen molar-refractivity contribution in [1.82, 2.24) is 0 Å². The number of nitrogens with one attached hydrogen (secondary N) is 1. The van der Waals surface area contributed by atoms with Gasteiger partial charge >= 0.3 is 0 Å². The summed E-state index contributed by atoms with van der Waals surface area (Å²) in [5.74, 6) is 0.119. The van der Waals surface area contributed by atoms with Crippen LogP contribution in [-0.2, 0) is 22.0 Å². The van der Waals surface area contributed by atoms with Crippen LogP contribution in [0.15, 0.2) is 90.6 Å². The topological polar surface area (TPSA) is 62.3 Å². The first-order chi connectivity index (χ1) is 19.2. The number of hydrogen-bond donors (Lipinski definition) is 2. The van der Waals surface area contributed by atoms with Gasteiger partial charge in [-0.05, 0) is 67.5 Å². The molecule has 1 aliphatic heterocycles. The van der Waals surface area contributed by atoms with Crippen molar-refractivity contribution in [3.8, 4) is 0 Å². The lowest BCUT2D eigenvalue weighted by Gasteiger charge is -2.30. The maximum atomic E-state index is 7.33. The van der Waals surface area contributed by atoms with Crippen molar-refractivity contribution >= 4 is 11.6 Å². The van der Waals surface area contributed by atoms with Gasteiger partial charge in [-0.25, -0.2) is 0 Å². The molecule has 0 saturated carbocycles. The van der Waals surface area contributed by atoms with Crippen LogP contribution in [0.25, 0.3) is 0 Å². The van der Waals surface area contributed by atoms with Crippen molar-refractivity contribution in [3.05, 3.63) is 113 Å². The minimum Gasteiger partial charge on any atom is -0.462 e. The van der Waals surface area contributed by atoms with Crippen molar-refractivity contribution in [3.63, 3.8) is 0 Å². The Morgan fingerprint density at radius 3 is 1.95 bits per heavy atom. The van der Waals surface area contributed by atoms with Gasteiger partial charge in [-0.1, -0.05) is 115 Å². The van der Waals surface area contributed by atoms with Gasteiger partial charge in [0.1, 0.15) is 6.73 Å². The Kier molecular flexibility index (Phi) is 14.4. The monoisotopic (exact) mass is 543 g/mol. The summed E-state index contributed by atoms with van der Waals surface area (Å²) < 4.78 is 4.79. The second-order valence-corrected chi connectivity index (χ2v) is 10.4. The molecule has 3 aromatic rings. The van der Waals surface area contributed by atoms with E-state index in [1.54, 1.807) is 12.1 Å². The van der Waals surface area contributed by atoms with Gasteiger partial charge in [0.2, 0.25) is 5.90 Å². The Morgan fingerprint density at radius 1 is 0.925 bits per heavy atom. The molecule has 1 unspecified atom stereocenters. The molecule has 1 heterocycles. The maximum absolute atomic E-state index is 7.33. The normalized spacial score (nSPS) is 16.4. The van der Waals surface area contributed by atoms with Gasteiger partial charge in [0.15, 0.2) is 0 Å².